The highest BCUT2D eigenvalue weighted by molar-refractivity contribution is 5.93. The van der Waals surface area contributed by atoms with E-state index in [1.165, 1.54) is 17.7 Å². The van der Waals surface area contributed by atoms with E-state index in [9.17, 15) is 19.7 Å². The van der Waals surface area contributed by atoms with Crippen molar-refractivity contribution < 1.29 is 19.2 Å². The van der Waals surface area contributed by atoms with Crippen LogP contribution in [0.1, 0.15) is 41.4 Å². The summed E-state index contributed by atoms with van der Waals surface area (Å²) in [7, 11) is 1.54. The van der Waals surface area contributed by atoms with E-state index >= 15 is 0 Å². The minimum atomic E-state index is -0.805. The molecule has 0 fully saturated rings. The Balaban J connectivity index is 1.93. The molecule has 0 bridgehead atoms. The van der Waals surface area contributed by atoms with Crippen LogP contribution in [-0.2, 0) is 16.0 Å². The molecule has 2 aromatic rings. The number of carbonyl (C=O) groups excluding carboxylic acids is 2. The average Bonchev–Trinajstić information content (AvgIpc) is 2.71. The number of nitro groups is 1. The Labute approximate surface area is 163 Å². The summed E-state index contributed by atoms with van der Waals surface area (Å²) < 4.78 is 4.98. The summed E-state index contributed by atoms with van der Waals surface area (Å²) in [6.07, 6.45) is 0.935. The zero-order chi connectivity index (χ0) is 20.7. The van der Waals surface area contributed by atoms with E-state index in [1.807, 2.05) is 31.2 Å². The van der Waals surface area contributed by atoms with Gasteiger partial charge < -0.3 is 15.4 Å². The number of esters is 1. The highest BCUT2D eigenvalue weighted by Gasteiger charge is 2.19. The van der Waals surface area contributed by atoms with Crippen molar-refractivity contribution >= 4 is 23.3 Å². The molecule has 148 valence electrons. The Morgan fingerprint density at radius 2 is 1.86 bits per heavy atom. The third kappa shape index (κ3) is 5.29. The number of rotatable bonds is 8. The Kier molecular flexibility index (Phi) is 7.08. The number of hydrogen-bond donors (Lipinski definition) is 2. The van der Waals surface area contributed by atoms with Crippen LogP contribution in [0.5, 0.6) is 0 Å². The average molecular weight is 385 g/mol. The number of benzene rings is 2. The lowest BCUT2D eigenvalue weighted by molar-refractivity contribution is -0.384. The highest BCUT2D eigenvalue weighted by Crippen LogP contribution is 2.25. The van der Waals surface area contributed by atoms with Crippen LogP contribution < -0.4 is 10.6 Å². The van der Waals surface area contributed by atoms with Gasteiger partial charge in [-0.15, -0.1) is 0 Å². The summed E-state index contributed by atoms with van der Waals surface area (Å²) in [5.41, 5.74) is 2.18. The SMILES string of the molecule is CCc1ccc([C@H](C)NC(=O)COC(=O)c2ccc(NC)c([N+](=O)[O-])c2)cc1. The van der Waals surface area contributed by atoms with Gasteiger partial charge in [0.2, 0.25) is 0 Å². The molecule has 0 radical (unpaired) electrons. The number of amides is 1. The van der Waals surface area contributed by atoms with Crippen molar-refractivity contribution in [3.8, 4) is 0 Å². The van der Waals surface area contributed by atoms with Crippen molar-refractivity contribution in [3.05, 3.63) is 69.3 Å². The second-order valence-electron chi connectivity index (χ2n) is 6.20. The van der Waals surface area contributed by atoms with Gasteiger partial charge in [0.15, 0.2) is 6.61 Å². The number of hydrogen-bond acceptors (Lipinski definition) is 6. The normalized spacial score (nSPS) is 11.4. The van der Waals surface area contributed by atoms with E-state index < -0.39 is 23.4 Å². The van der Waals surface area contributed by atoms with Gasteiger partial charge in [-0.1, -0.05) is 31.2 Å². The van der Waals surface area contributed by atoms with Crippen LogP contribution in [0.2, 0.25) is 0 Å². The van der Waals surface area contributed by atoms with Gasteiger partial charge in [-0.25, -0.2) is 4.79 Å². The van der Waals surface area contributed by atoms with Gasteiger partial charge in [-0.3, -0.25) is 14.9 Å². The maximum absolute atomic E-state index is 12.1. The minimum absolute atomic E-state index is 0.00158. The number of ether oxygens (including phenoxy) is 1. The molecule has 28 heavy (non-hydrogen) atoms. The maximum atomic E-state index is 12.1. The summed E-state index contributed by atoms with van der Waals surface area (Å²) in [5.74, 6) is -1.26. The molecule has 0 aliphatic rings. The number of nitrogens with zero attached hydrogens (tertiary/aromatic N) is 1. The fourth-order valence-corrected chi connectivity index (χ4v) is 2.64. The van der Waals surface area contributed by atoms with Gasteiger partial charge in [0, 0.05) is 13.1 Å². The van der Waals surface area contributed by atoms with Gasteiger partial charge in [0.1, 0.15) is 5.69 Å². The summed E-state index contributed by atoms with van der Waals surface area (Å²) >= 11 is 0. The van der Waals surface area contributed by atoms with Crippen molar-refractivity contribution in [3.63, 3.8) is 0 Å². The van der Waals surface area contributed by atoms with Crippen LogP contribution in [-0.4, -0.2) is 30.5 Å². The van der Waals surface area contributed by atoms with Crippen molar-refractivity contribution in [1.82, 2.24) is 5.32 Å². The van der Waals surface area contributed by atoms with Crippen LogP contribution in [0.15, 0.2) is 42.5 Å². The van der Waals surface area contributed by atoms with E-state index in [-0.39, 0.29) is 23.0 Å². The van der Waals surface area contributed by atoms with Crippen LogP contribution in [0.25, 0.3) is 0 Å². The number of aryl methyl sites for hydroxylation is 1. The first kappa shape index (κ1) is 20.9. The Bertz CT molecular complexity index is 865. The first-order valence-corrected chi connectivity index (χ1v) is 8.87. The van der Waals surface area contributed by atoms with E-state index in [1.54, 1.807) is 7.05 Å². The third-order valence-electron chi connectivity index (χ3n) is 4.30. The number of nitrogens with one attached hydrogen (secondary N) is 2. The summed E-state index contributed by atoms with van der Waals surface area (Å²) in [6.45, 7) is 3.42. The van der Waals surface area contributed by atoms with Gasteiger partial charge in [0.05, 0.1) is 16.5 Å². The van der Waals surface area contributed by atoms with Crippen molar-refractivity contribution in [2.45, 2.75) is 26.3 Å². The van der Waals surface area contributed by atoms with Crippen LogP contribution in [0, 0.1) is 10.1 Å². The second kappa shape index (κ2) is 9.50. The molecule has 0 aromatic heterocycles. The zero-order valence-corrected chi connectivity index (χ0v) is 16.0. The smallest absolute Gasteiger partial charge is 0.338 e. The molecule has 8 nitrogen and oxygen atoms in total. The van der Waals surface area contributed by atoms with Gasteiger partial charge >= 0.3 is 5.97 Å². The first-order valence-electron chi connectivity index (χ1n) is 8.87. The van der Waals surface area contributed by atoms with Gasteiger partial charge in [-0.2, -0.15) is 0 Å². The van der Waals surface area contributed by atoms with E-state index in [0.717, 1.165) is 18.1 Å². The summed E-state index contributed by atoms with van der Waals surface area (Å²) in [4.78, 5) is 34.6. The molecular weight excluding hydrogens is 362 g/mol. The molecule has 0 saturated carbocycles. The quantitative estimate of drug-likeness (QED) is 0.410. The van der Waals surface area contributed by atoms with Crippen molar-refractivity contribution in [2.75, 3.05) is 19.0 Å². The molecule has 0 aliphatic carbocycles. The Morgan fingerprint density at radius 3 is 2.43 bits per heavy atom. The minimum Gasteiger partial charge on any atom is -0.452 e. The maximum Gasteiger partial charge on any atom is 0.338 e. The Hall–Kier alpha value is -3.42. The molecule has 0 spiro atoms. The van der Waals surface area contributed by atoms with E-state index in [2.05, 4.69) is 17.6 Å². The highest BCUT2D eigenvalue weighted by atomic mass is 16.6. The molecule has 0 saturated heterocycles. The molecule has 0 unspecified atom stereocenters. The monoisotopic (exact) mass is 385 g/mol. The van der Waals surface area contributed by atoms with Crippen LogP contribution in [0.4, 0.5) is 11.4 Å². The molecule has 0 aliphatic heterocycles. The number of carbonyl (C=O) groups is 2. The molecule has 2 N–H and O–H groups in total. The number of anilines is 1. The topological polar surface area (TPSA) is 111 Å². The van der Waals surface area contributed by atoms with Gasteiger partial charge in [-0.05, 0) is 36.6 Å². The molecular formula is C20H23N3O5. The standard InChI is InChI=1S/C20H23N3O5/c1-4-14-5-7-15(8-6-14)13(2)22-19(24)12-28-20(25)16-9-10-17(21-3)18(11-16)23(26)27/h5-11,13,21H,4,12H2,1-3H3,(H,22,24)/t13-/m0/s1. The number of nitro benzene ring substituents is 1. The van der Waals surface area contributed by atoms with Crippen LogP contribution in [0.3, 0.4) is 0 Å². The largest absolute Gasteiger partial charge is 0.452 e. The molecule has 1 atom stereocenters. The molecule has 2 rings (SSSR count). The second-order valence-corrected chi connectivity index (χ2v) is 6.20. The molecule has 8 heteroatoms. The lowest BCUT2D eigenvalue weighted by atomic mass is 10.1. The van der Waals surface area contributed by atoms with E-state index in [0.29, 0.717) is 0 Å². The van der Waals surface area contributed by atoms with E-state index in [4.69, 9.17) is 4.74 Å². The molecule has 2 aromatic carbocycles. The third-order valence-corrected chi connectivity index (χ3v) is 4.30. The summed E-state index contributed by atoms with van der Waals surface area (Å²) in [6, 6.07) is 11.6. The molecule has 0 heterocycles. The summed E-state index contributed by atoms with van der Waals surface area (Å²) in [5, 5.41) is 16.5. The fourth-order valence-electron chi connectivity index (χ4n) is 2.64. The van der Waals surface area contributed by atoms with Gasteiger partial charge in [0.25, 0.3) is 11.6 Å². The van der Waals surface area contributed by atoms with Crippen LogP contribution >= 0.6 is 0 Å². The lowest BCUT2D eigenvalue weighted by Crippen LogP contribution is -2.31. The van der Waals surface area contributed by atoms with Crippen molar-refractivity contribution in [2.24, 2.45) is 0 Å². The predicted octanol–water partition coefficient (Wildman–Crippen LogP) is 3.23. The lowest BCUT2D eigenvalue weighted by Gasteiger charge is -2.15. The fraction of sp³-hybridized carbons (Fsp3) is 0.300. The predicted molar refractivity (Wildman–Crippen MR) is 105 cm³/mol. The Morgan fingerprint density at radius 1 is 1.18 bits per heavy atom. The van der Waals surface area contributed by atoms with Crippen molar-refractivity contribution in [1.29, 1.82) is 0 Å². The first-order chi connectivity index (χ1) is 13.3. The molecule has 1 amide bonds. The zero-order valence-electron chi connectivity index (χ0n) is 16.0.